The third-order valence-electron chi connectivity index (χ3n) is 7.24. The highest BCUT2D eigenvalue weighted by atomic mass is 32.2. The lowest BCUT2D eigenvalue weighted by Gasteiger charge is -2.39. The largest absolute Gasteiger partial charge is 0.366 e. The fourth-order valence-corrected chi connectivity index (χ4v) is 6.82. The van der Waals surface area contributed by atoms with E-state index in [9.17, 15) is 17.6 Å². The van der Waals surface area contributed by atoms with E-state index in [-0.39, 0.29) is 29.1 Å². The molecule has 5 rings (SSSR count). The lowest BCUT2D eigenvalue weighted by molar-refractivity contribution is -0.137. The minimum Gasteiger partial charge on any atom is -0.366 e. The smallest absolute Gasteiger partial charge is 0.243 e. The van der Waals surface area contributed by atoms with Gasteiger partial charge in [0.25, 0.3) is 0 Å². The fourth-order valence-electron chi connectivity index (χ4n) is 5.26. The maximum Gasteiger partial charge on any atom is 0.243 e. The first kappa shape index (κ1) is 23.8. The first-order chi connectivity index (χ1) is 16.9. The third-order valence-corrected chi connectivity index (χ3v) is 9.10. The topological polar surface area (TPSA) is 65.9 Å². The van der Waals surface area contributed by atoms with Gasteiger partial charge in [-0.2, -0.15) is 4.31 Å². The number of fused-ring (bicyclic) bond motifs is 1. The molecule has 0 unspecified atom stereocenters. The van der Waals surface area contributed by atoms with Gasteiger partial charge in [0.1, 0.15) is 5.82 Å². The monoisotopic (exact) mass is 498 g/mol. The van der Waals surface area contributed by atoms with Crippen LogP contribution >= 0.6 is 0 Å². The van der Waals surface area contributed by atoms with Crippen LogP contribution in [0.3, 0.4) is 0 Å². The van der Waals surface area contributed by atoms with E-state index in [0.29, 0.717) is 51.3 Å². The van der Waals surface area contributed by atoms with Gasteiger partial charge in [-0.1, -0.05) is 12.1 Å². The summed E-state index contributed by atoms with van der Waals surface area (Å²) in [6.45, 7) is 5.60. The molecule has 2 saturated heterocycles. The second-order valence-electron chi connectivity index (χ2n) is 9.29. The Balaban J connectivity index is 1.26. The van der Waals surface area contributed by atoms with Crippen molar-refractivity contribution < 1.29 is 17.6 Å². The van der Waals surface area contributed by atoms with Crippen molar-refractivity contribution in [3.8, 4) is 0 Å². The quantitative estimate of drug-likeness (QED) is 0.540. The number of anilines is 1. The Kier molecular flexibility index (Phi) is 6.55. The van der Waals surface area contributed by atoms with E-state index < -0.39 is 10.0 Å². The number of hydrogen-bond donors (Lipinski definition) is 0. The molecule has 186 valence electrons. The van der Waals surface area contributed by atoms with Gasteiger partial charge < -0.3 is 14.4 Å². The number of nitrogens with zero attached hydrogens (tertiary/aromatic N) is 4. The molecule has 1 atom stereocenters. The lowest BCUT2D eigenvalue weighted by Crippen LogP contribution is -2.53. The number of benzene rings is 2. The molecule has 7 nitrogen and oxygen atoms in total. The molecule has 35 heavy (non-hydrogen) atoms. The van der Waals surface area contributed by atoms with Crippen molar-refractivity contribution in [1.29, 1.82) is 0 Å². The molecule has 0 aliphatic carbocycles. The number of piperidine rings is 1. The van der Waals surface area contributed by atoms with Crippen molar-refractivity contribution in [2.75, 3.05) is 44.2 Å². The number of amides is 1. The molecule has 2 fully saturated rings. The minimum atomic E-state index is -3.69. The molecule has 1 amide bonds. The molecule has 0 N–H and O–H groups in total. The van der Waals surface area contributed by atoms with Crippen LogP contribution in [0.15, 0.2) is 59.6 Å². The number of piperazine rings is 1. The van der Waals surface area contributed by atoms with Crippen LogP contribution < -0.4 is 4.90 Å². The van der Waals surface area contributed by atoms with Gasteiger partial charge in [-0.15, -0.1) is 0 Å². The second kappa shape index (κ2) is 9.62. The van der Waals surface area contributed by atoms with Crippen LogP contribution in [0.2, 0.25) is 0 Å². The minimum absolute atomic E-state index is 0.00596. The van der Waals surface area contributed by atoms with Crippen LogP contribution in [0.1, 0.15) is 19.8 Å². The number of halogens is 1. The number of aromatic nitrogens is 1. The summed E-state index contributed by atoms with van der Waals surface area (Å²) in [7, 11) is -3.69. The Bertz CT molecular complexity index is 1330. The Labute approximate surface area is 205 Å². The number of carbonyl (C=O) groups excluding carboxylic acids is 1. The molecule has 2 aliphatic rings. The van der Waals surface area contributed by atoms with Gasteiger partial charge in [0.2, 0.25) is 15.9 Å². The Morgan fingerprint density at radius 2 is 1.80 bits per heavy atom. The molecule has 0 radical (unpaired) electrons. The summed E-state index contributed by atoms with van der Waals surface area (Å²) in [6, 6.07) is 13.9. The molecule has 9 heteroatoms. The van der Waals surface area contributed by atoms with Crippen LogP contribution in [0.4, 0.5) is 10.1 Å². The third kappa shape index (κ3) is 4.54. The van der Waals surface area contributed by atoms with Gasteiger partial charge in [-0.05, 0) is 56.2 Å². The Hall–Kier alpha value is -2.91. The predicted molar refractivity (Wildman–Crippen MR) is 134 cm³/mol. The summed E-state index contributed by atoms with van der Waals surface area (Å²) < 4.78 is 44.5. The van der Waals surface area contributed by atoms with Crippen LogP contribution in [0.25, 0.3) is 10.9 Å². The maximum atomic E-state index is 14.1. The summed E-state index contributed by atoms with van der Waals surface area (Å²) in [5, 5.41) is 0.894. The number of sulfonamides is 1. The van der Waals surface area contributed by atoms with Gasteiger partial charge in [-0.3, -0.25) is 4.79 Å². The fraction of sp³-hybridized carbons (Fsp3) is 0.423. The zero-order chi connectivity index (χ0) is 24.6. The highest BCUT2D eigenvalue weighted by molar-refractivity contribution is 7.89. The summed E-state index contributed by atoms with van der Waals surface area (Å²) >= 11 is 0. The van der Waals surface area contributed by atoms with E-state index in [1.54, 1.807) is 29.2 Å². The van der Waals surface area contributed by atoms with Crippen LogP contribution in [-0.4, -0.2) is 67.4 Å². The van der Waals surface area contributed by atoms with Crippen molar-refractivity contribution in [3.05, 3.63) is 60.5 Å². The van der Waals surface area contributed by atoms with Crippen LogP contribution in [0.5, 0.6) is 0 Å². The Morgan fingerprint density at radius 1 is 1.03 bits per heavy atom. The van der Waals surface area contributed by atoms with E-state index in [0.717, 1.165) is 17.4 Å². The number of aryl methyl sites for hydroxylation is 1. The first-order valence-electron chi connectivity index (χ1n) is 12.3. The summed E-state index contributed by atoms with van der Waals surface area (Å²) in [5.74, 6) is -0.623. The van der Waals surface area contributed by atoms with Gasteiger partial charge in [0.05, 0.1) is 16.5 Å². The highest BCUT2D eigenvalue weighted by Gasteiger charge is 2.36. The SMILES string of the molecule is CCn1ccc2cc(S(=O)(=O)N3CCC[C@@H](C(=O)N4CCN(c5ccccc5F)CC4)C3)ccc21. The van der Waals surface area contributed by atoms with Gasteiger partial charge in [0, 0.05) is 62.9 Å². The molecule has 2 aromatic carbocycles. The highest BCUT2D eigenvalue weighted by Crippen LogP contribution is 2.28. The summed E-state index contributed by atoms with van der Waals surface area (Å²) in [4.78, 5) is 17.3. The molecule has 0 spiro atoms. The molecule has 2 aliphatic heterocycles. The normalized spacial score (nSPS) is 19.9. The predicted octanol–water partition coefficient (Wildman–Crippen LogP) is 3.55. The second-order valence-corrected chi connectivity index (χ2v) is 11.2. The van der Waals surface area contributed by atoms with Crippen molar-refractivity contribution in [2.45, 2.75) is 31.2 Å². The molecule has 0 saturated carbocycles. The lowest BCUT2D eigenvalue weighted by atomic mass is 9.97. The molecular formula is C26H31FN4O3S. The number of para-hydroxylation sites is 1. The Morgan fingerprint density at radius 3 is 2.54 bits per heavy atom. The van der Waals surface area contributed by atoms with Crippen molar-refractivity contribution in [1.82, 2.24) is 13.8 Å². The number of carbonyl (C=O) groups is 1. The standard InChI is InChI=1S/C26H31FN4O3S/c1-2-28-13-11-20-18-22(9-10-24(20)28)35(33,34)31-12-5-6-21(19-31)26(32)30-16-14-29(15-17-30)25-8-4-3-7-23(25)27/h3-4,7-11,13,18,21H,2,5-6,12,14-17,19H2,1H3/t21-/m1/s1. The van der Waals surface area contributed by atoms with Crippen LogP contribution in [-0.2, 0) is 21.4 Å². The average Bonchev–Trinajstić information content (AvgIpc) is 3.31. The van der Waals surface area contributed by atoms with Gasteiger partial charge in [0.15, 0.2) is 0 Å². The van der Waals surface area contributed by atoms with Gasteiger partial charge in [-0.25, -0.2) is 12.8 Å². The molecule has 3 aromatic rings. The first-order valence-corrected chi connectivity index (χ1v) is 13.7. The van der Waals surface area contributed by atoms with Crippen molar-refractivity contribution in [3.63, 3.8) is 0 Å². The summed E-state index contributed by atoms with van der Waals surface area (Å²) in [6.07, 6.45) is 3.29. The van der Waals surface area contributed by atoms with E-state index in [1.165, 1.54) is 10.4 Å². The van der Waals surface area contributed by atoms with E-state index in [1.807, 2.05) is 29.3 Å². The zero-order valence-electron chi connectivity index (χ0n) is 19.9. The van der Waals surface area contributed by atoms with Crippen molar-refractivity contribution >= 4 is 32.5 Å². The van der Waals surface area contributed by atoms with E-state index in [4.69, 9.17) is 0 Å². The molecule has 1 aromatic heterocycles. The van der Waals surface area contributed by atoms with E-state index >= 15 is 0 Å². The molecule has 3 heterocycles. The maximum absolute atomic E-state index is 14.1. The summed E-state index contributed by atoms with van der Waals surface area (Å²) in [5.41, 5.74) is 1.56. The van der Waals surface area contributed by atoms with E-state index in [2.05, 4.69) is 11.5 Å². The zero-order valence-corrected chi connectivity index (χ0v) is 20.8. The van der Waals surface area contributed by atoms with Crippen LogP contribution in [0, 0.1) is 11.7 Å². The number of hydrogen-bond acceptors (Lipinski definition) is 4. The average molecular weight is 499 g/mol. The van der Waals surface area contributed by atoms with Crippen molar-refractivity contribution in [2.24, 2.45) is 5.92 Å². The number of rotatable bonds is 5. The van der Waals surface area contributed by atoms with Gasteiger partial charge >= 0.3 is 0 Å². The molecular weight excluding hydrogens is 467 g/mol. The molecule has 0 bridgehead atoms.